The molecule has 88 valence electrons. The van der Waals surface area contributed by atoms with Crippen LogP contribution in [0.15, 0.2) is 17.9 Å². The first-order chi connectivity index (χ1) is 7.33. The summed E-state index contributed by atoms with van der Waals surface area (Å²) in [5.74, 6) is 0.871. The zero-order valence-electron chi connectivity index (χ0n) is 10.5. The van der Waals surface area contributed by atoms with Crippen molar-refractivity contribution < 1.29 is 0 Å². The number of aromatic nitrogens is 2. The zero-order valence-corrected chi connectivity index (χ0v) is 10.5. The van der Waals surface area contributed by atoms with Gasteiger partial charge in [-0.15, -0.1) is 0 Å². The largest absolute Gasteiger partial charge is 0.341 e. The number of nitrogens with one attached hydrogen (secondary N) is 1. The van der Waals surface area contributed by atoms with E-state index in [1.54, 1.807) is 11.2 Å². The van der Waals surface area contributed by atoms with Crippen molar-refractivity contribution in [3.63, 3.8) is 0 Å². The molecule has 0 saturated heterocycles. The Labute approximate surface area is 97.1 Å². The molecule has 1 N–H and O–H groups in total. The lowest BCUT2D eigenvalue weighted by Gasteiger charge is -2.28. The second-order valence-electron chi connectivity index (χ2n) is 5.09. The summed E-state index contributed by atoms with van der Waals surface area (Å²) in [6.07, 6.45) is 1.76. The first kappa shape index (κ1) is 12.5. The Balaban J connectivity index is 2.82. The van der Waals surface area contributed by atoms with E-state index in [9.17, 15) is 0 Å². The number of H-pyrrole nitrogens is 1. The molecule has 0 unspecified atom stereocenters. The summed E-state index contributed by atoms with van der Waals surface area (Å²) in [5.41, 5.74) is 1.82. The molecule has 4 heteroatoms. The van der Waals surface area contributed by atoms with Crippen LogP contribution in [0.3, 0.4) is 0 Å². The predicted molar refractivity (Wildman–Crippen MR) is 68.1 cm³/mol. The molecule has 16 heavy (non-hydrogen) atoms. The van der Waals surface area contributed by atoms with Gasteiger partial charge >= 0.3 is 0 Å². The molecule has 0 radical (unpaired) electrons. The third-order valence-electron chi connectivity index (χ3n) is 2.12. The van der Waals surface area contributed by atoms with Crippen molar-refractivity contribution in [1.82, 2.24) is 15.0 Å². The maximum Gasteiger partial charge on any atom is 0.103 e. The first-order valence-electron chi connectivity index (χ1n) is 5.28. The Hall–Kier alpha value is -1.58. The van der Waals surface area contributed by atoms with Crippen LogP contribution >= 0.6 is 0 Å². The Kier molecular flexibility index (Phi) is 3.52. The third-order valence-corrected chi connectivity index (χ3v) is 2.12. The fraction of sp³-hybridized carbons (Fsp3) is 0.500. The van der Waals surface area contributed by atoms with Crippen LogP contribution in [0.1, 0.15) is 32.3 Å². The molecular weight excluding hydrogens is 200 g/mol. The molecule has 0 aliphatic heterocycles. The van der Waals surface area contributed by atoms with E-state index in [0.29, 0.717) is 0 Å². The maximum absolute atomic E-state index is 4.15. The van der Waals surface area contributed by atoms with Gasteiger partial charge in [0.05, 0.1) is 17.6 Å². The summed E-state index contributed by atoms with van der Waals surface area (Å²) >= 11 is 0. The molecule has 0 bridgehead atoms. The molecule has 4 nitrogen and oxygen atoms in total. The summed E-state index contributed by atoms with van der Waals surface area (Å²) in [6, 6.07) is 0. The smallest absolute Gasteiger partial charge is 0.103 e. The van der Waals surface area contributed by atoms with Gasteiger partial charge in [0.25, 0.3) is 0 Å². The molecular formula is C12H20N4. The molecule has 0 amide bonds. The van der Waals surface area contributed by atoms with Crippen LogP contribution in [0.2, 0.25) is 0 Å². The number of hydrogen-bond acceptors (Lipinski definition) is 3. The standard InChI is InChI=1S/C12H20N4/c1-9(11-7-14-10(2)15-11)16(13-6)8-12(3,4)5/h7H,1,6,8H2,2-5H3,(H,14,15). The third kappa shape index (κ3) is 3.22. The van der Waals surface area contributed by atoms with E-state index >= 15 is 0 Å². The molecule has 1 aromatic heterocycles. The van der Waals surface area contributed by atoms with Crippen LogP contribution in [0.4, 0.5) is 0 Å². The van der Waals surface area contributed by atoms with Gasteiger partial charge in [-0.1, -0.05) is 27.4 Å². The van der Waals surface area contributed by atoms with Gasteiger partial charge in [-0.05, 0) is 12.3 Å². The number of aromatic amines is 1. The van der Waals surface area contributed by atoms with Crippen LogP contribution in [0.5, 0.6) is 0 Å². The SMILES string of the molecule is C=NN(CC(C)(C)C)C(=C)c1cnc(C)[nH]1. The highest BCUT2D eigenvalue weighted by molar-refractivity contribution is 5.58. The fourth-order valence-corrected chi connectivity index (χ4v) is 1.39. The summed E-state index contributed by atoms with van der Waals surface area (Å²) in [4.78, 5) is 7.28. The zero-order chi connectivity index (χ0) is 12.3. The lowest BCUT2D eigenvalue weighted by Crippen LogP contribution is -2.27. The maximum atomic E-state index is 4.15. The minimum Gasteiger partial charge on any atom is -0.341 e. The van der Waals surface area contributed by atoms with Crippen LogP contribution in [-0.4, -0.2) is 28.2 Å². The van der Waals surface area contributed by atoms with E-state index in [1.807, 2.05) is 6.92 Å². The highest BCUT2D eigenvalue weighted by Crippen LogP contribution is 2.22. The summed E-state index contributed by atoms with van der Waals surface area (Å²) in [6.45, 7) is 16.7. The molecule has 0 aliphatic rings. The van der Waals surface area contributed by atoms with Crippen LogP contribution in [-0.2, 0) is 0 Å². The van der Waals surface area contributed by atoms with Crippen LogP contribution in [0.25, 0.3) is 5.70 Å². The molecule has 0 aromatic carbocycles. The normalized spacial score (nSPS) is 11.2. The average molecular weight is 220 g/mol. The molecule has 1 rings (SSSR count). The van der Waals surface area contributed by atoms with E-state index in [4.69, 9.17) is 0 Å². The molecule has 1 heterocycles. The fourth-order valence-electron chi connectivity index (χ4n) is 1.39. The summed E-state index contributed by atoms with van der Waals surface area (Å²) in [5, 5.41) is 5.79. The summed E-state index contributed by atoms with van der Waals surface area (Å²) in [7, 11) is 0. The number of hydrogen-bond donors (Lipinski definition) is 1. The Morgan fingerprint density at radius 3 is 2.56 bits per heavy atom. The lowest BCUT2D eigenvalue weighted by molar-refractivity contribution is 0.272. The molecule has 0 saturated carbocycles. The van der Waals surface area contributed by atoms with Gasteiger partial charge in [-0.2, -0.15) is 5.10 Å². The average Bonchev–Trinajstić information content (AvgIpc) is 2.58. The van der Waals surface area contributed by atoms with Gasteiger partial charge in [0.15, 0.2) is 0 Å². The monoisotopic (exact) mass is 220 g/mol. The van der Waals surface area contributed by atoms with Crippen molar-refractivity contribution in [3.05, 3.63) is 24.3 Å². The first-order valence-corrected chi connectivity index (χ1v) is 5.28. The van der Waals surface area contributed by atoms with Crippen molar-refractivity contribution in [2.75, 3.05) is 6.54 Å². The van der Waals surface area contributed by atoms with E-state index in [1.165, 1.54) is 0 Å². The van der Waals surface area contributed by atoms with E-state index in [-0.39, 0.29) is 5.41 Å². The van der Waals surface area contributed by atoms with E-state index in [2.05, 4.69) is 49.1 Å². The Morgan fingerprint density at radius 1 is 1.56 bits per heavy atom. The van der Waals surface area contributed by atoms with Crippen LogP contribution < -0.4 is 0 Å². The van der Waals surface area contributed by atoms with Crippen molar-refractivity contribution in [1.29, 1.82) is 0 Å². The molecule has 1 aromatic rings. The number of imidazole rings is 1. The van der Waals surface area contributed by atoms with Gasteiger partial charge in [-0.25, -0.2) is 4.98 Å². The van der Waals surface area contributed by atoms with E-state index < -0.39 is 0 Å². The number of nitrogens with zero attached hydrogens (tertiary/aromatic N) is 3. The van der Waals surface area contributed by atoms with Crippen molar-refractivity contribution >= 4 is 12.4 Å². The minimum atomic E-state index is 0.138. The van der Waals surface area contributed by atoms with Gasteiger partial charge in [0, 0.05) is 13.3 Å². The van der Waals surface area contributed by atoms with Gasteiger partial charge in [0.1, 0.15) is 5.82 Å². The topological polar surface area (TPSA) is 44.3 Å². The van der Waals surface area contributed by atoms with Gasteiger partial charge in [-0.3, -0.25) is 5.01 Å². The number of rotatable bonds is 4. The van der Waals surface area contributed by atoms with Crippen molar-refractivity contribution in [3.8, 4) is 0 Å². The Bertz CT molecular complexity index is 384. The predicted octanol–water partition coefficient (Wildman–Crippen LogP) is 2.65. The van der Waals surface area contributed by atoms with Crippen molar-refractivity contribution in [2.45, 2.75) is 27.7 Å². The molecule has 0 atom stereocenters. The lowest BCUT2D eigenvalue weighted by atomic mass is 9.96. The highest BCUT2D eigenvalue weighted by Gasteiger charge is 2.18. The quantitative estimate of drug-likeness (QED) is 0.626. The van der Waals surface area contributed by atoms with Crippen LogP contribution in [0, 0.1) is 12.3 Å². The van der Waals surface area contributed by atoms with Crippen molar-refractivity contribution in [2.24, 2.45) is 10.5 Å². The van der Waals surface area contributed by atoms with Gasteiger partial charge < -0.3 is 4.98 Å². The number of aryl methyl sites for hydroxylation is 1. The van der Waals surface area contributed by atoms with E-state index in [0.717, 1.165) is 23.8 Å². The molecule has 0 fully saturated rings. The second-order valence-corrected chi connectivity index (χ2v) is 5.09. The number of hydrazone groups is 1. The summed E-state index contributed by atoms with van der Waals surface area (Å²) < 4.78 is 0. The van der Waals surface area contributed by atoms with Gasteiger partial charge in [0.2, 0.25) is 0 Å². The second kappa shape index (κ2) is 4.51. The molecule has 0 aliphatic carbocycles. The molecule has 0 spiro atoms. The highest BCUT2D eigenvalue weighted by atomic mass is 15.5. The Morgan fingerprint density at radius 2 is 2.19 bits per heavy atom. The minimum absolute atomic E-state index is 0.138.